The molecule has 2 heteroatoms. The van der Waals surface area contributed by atoms with Crippen molar-refractivity contribution in [2.24, 2.45) is 17.8 Å². The number of carbonyl (C=O) groups is 2. The molecule has 0 bridgehead atoms. The van der Waals surface area contributed by atoms with Gasteiger partial charge in [-0.2, -0.15) is 0 Å². The van der Waals surface area contributed by atoms with Gasteiger partial charge in [-0.05, 0) is 50.5 Å². The third-order valence-electron chi connectivity index (χ3n) is 4.27. The molecule has 0 N–H and O–H groups in total. The summed E-state index contributed by atoms with van der Waals surface area (Å²) in [7, 11) is 0. The van der Waals surface area contributed by atoms with Crippen LogP contribution >= 0.6 is 0 Å². The van der Waals surface area contributed by atoms with Crippen LogP contribution in [0.15, 0.2) is 23.8 Å². The summed E-state index contributed by atoms with van der Waals surface area (Å²) in [6.45, 7) is 6.12. The van der Waals surface area contributed by atoms with Crippen LogP contribution in [0.1, 0.15) is 39.0 Å². The Hall–Kier alpha value is -1.18. The van der Waals surface area contributed by atoms with Crippen molar-refractivity contribution in [1.29, 1.82) is 0 Å². The molecule has 1 saturated carbocycles. The fraction of sp³-hybridized carbons (Fsp3) is 0.600. The zero-order valence-corrected chi connectivity index (χ0v) is 10.4. The monoisotopic (exact) mass is 232 g/mol. The van der Waals surface area contributed by atoms with Crippen LogP contribution in [0.4, 0.5) is 0 Å². The number of rotatable bonds is 4. The predicted octanol–water partition coefficient (Wildman–Crippen LogP) is 3.08. The molecule has 0 radical (unpaired) electrons. The third-order valence-corrected chi connectivity index (χ3v) is 4.27. The molecule has 0 aromatic rings. The van der Waals surface area contributed by atoms with Crippen molar-refractivity contribution < 1.29 is 9.59 Å². The number of carbonyl (C=O) groups excluding carboxylic acids is 2. The molecule has 0 aromatic heterocycles. The maximum absolute atomic E-state index is 11.9. The summed E-state index contributed by atoms with van der Waals surface area (Å²) in [6, 6.07) is 0. The number of hydrogen-bond donors (Lipinski definition) is 0. The molecule has 2 nitrogen and oxygen atoms in total. The highest BCUT2D eigenvalue weighted by molar-refractivity contribution is 5.95. The van der Waals surface area contributed by atoms with Gasteiger partial charge in [-0.25, -0.2) is 0 Å². The SMILES string of the molecule is C=C(C)C1CCC2=CC(=O)C(CCC=O)C2C1. The molecule has 3 atom stereocenters. The molecule has 17 heavy (non-hydrogen) atoms. The second-order valence-electron chi connectivity index (χ2n) is 5.40. The van der Waals surface area contributed by atoms with Gasteiger partial charge >= 0.3 is 0 Å². The molecular formula is C15H20O2. The maximum atomic E-state index is 11.9. The topological polar surface area (TPSA) is 34.1 Å². The molecule has 0 amide bonds. The average molecular weight is 232 g/mol. The van der Waals surface area contributed by atoms with E-state index in [4.69, 9.17) is 0 Å². The first-order valence-electron chi connectivity index (χ1n) is 6.46. The molecule has 1 fully saturated rings. The van der Waals surface area contributed by atoms with Gasteiger partial charge in [0, 0.05) is 12.3 Å². The lowest BCUT2D eigenvalue weighted by Gasteiger charge is -2.32. The average Bonchev–Trinajstić information content (AvgIpc) is 2.61. The maximum Gasteiger partial charge on any atom is 0.159 e. The Morgan fingerprint density at radius 1 is 1.59 bits per heavy atom. The third kappa shape index (κ3) is 2.41. The lowest BCUT2D eigenvalue weighted by molar-refractivity contribution is -0.118. The number of fused-ring (bicyclic) bond motifs is 1. The minimum absolute atomic E-state index is 0.0670. The van der Waals surface area contributed by atoms with E-state index >= 15 is 0 Å². The van der Waals surface area contributed by atoms with Crippen LogP contribution in [0.25, 0.3) is 0 Å². The predicted molar refractivity (Wildman–Crippen MR) is 67.5 cm³/mol. The summed E-state index contributed by atoms with van der Waals surface area (Å²) in [6.07, 6.45) is 7.20. The summed E-state index contributed by atoms with van der Waals surface area (Å²) in [5.74, 6) is 1.26. The van der Waals surface area contributed by atoms with Gasteiger partial charge in [0.2, 0.25) is 0 Å². The zero-order chi connectivity index (χ0) is 12.4. The van der Waals surface area contributed by atoms with Crippen LogP contribution < -0.4 is 0 Å². The van der Waals surface area contributed by atoms with E-state index in [1.165, 1.54) is 11.1 Å². The Labute approximate surface area is 103 Å². The molecule has 0 heterocycles. The van der Waals surface area contributed by atoms with Crippen LogP contribution in [0.2, 0.25) is 0 Å². The van der Waals surface area contributed by atoms with Crippen molar-refractivity contribution in [3.8, 4) is 0 Å². The largest absolute Gasteiger partial charge is 0.303 e. The smallest absolute Gasteiger partial charge is 0.159 e. The quantitative estimate of drug-likeness (QED) is 0.551. The molecule has 0 aliphatic heterocycles. The van der Waals surface area contributed by atoms with E-state index in [-0.39, 0.29) is 11.7 Å². The second-order valence-corrected chi connectivity index (χ2v) is 5.40. The van der Waals surface area contributed by atoms with Crippen LogP contribution in [0.5, 0.6) is 0 Å². The van der Waals surface area contributed by atoms with E-state index in [0.29, 0.717) is 18.3 Å². The fourth-order valence-electron chi connectivity index (χ4n) is 3.23. The van der Waals surface area contributed by atoms with Crippen molar-refractivity contribution in [3.63, 3.8) is 0 Å². The Morgan fingerprint density at radius 3 is 3.00 bits per heavy atom. The zero-order valence-electron chi connectivity index (χ0n) is 10.4. The van der Waals surface area contributed by atoms with E-state index in [9.17, 15) is 9.59 Å². The molecule has 3 unspecified atom stereocenters. The first-order chi connectivity index (χ1) is 8.13. The standard InChI is InChI=1S/C15H20O2/c1-10(2)11-5-6-12-9-15(17)13(4-3-7-16)14(12)8-11/h7,9,11,13-14H,1,3-6,8H2,2H3. The summed E-state index contributed by atoms with van der Waals surface area (Å²) in [5.41, 5.74) is 2.56. The highest BCUT2D eigenvalue weighted by Gasteiger charge is 2.39. The molecule has 2 aliphatic carbocycles. The Morgan fingerprint density at radius 2 is 2.35 bits per heavy atom. The molecule has 0 aromatic carbocycles. The minimum Gasteiger partial charge on any atom is -0.303 e. The van der Waals surface area contributed by atoms with Crippen LogP contribution in [-0.4, -0.2) is 12.1 Å². The first kappa shape index (κ1) is 12.3. The van der Waals surface area contributed by atoms with Gasteiger partial charge in [-0.3, -0.25) is 4.79 Å². The molecule has 0 spiro atoms. The number of hydrogen-bond acceptors (Lipinski definition) is 2. The van der Waals surface area contributed by atoms with Gasteiger partial charge in [0.1, 0.15) is 6.29 Å². The van der Waals surface area contributed by atoms with Crippen LogP contribution in [-0.2, 0) is 9.59 Å². The van der Waals surface area contributed by atoms with Crippen LogP contribution in [0, 0.1) is 17.8 Å². The van der Waals surface area contributed by atoms with E-state index in [1.54, 1.807) is 0 Å². The lowest BCUT2D eigenvalue weighted by Crippen LogP contribution is -2.24. The normalized spacial score (nSPS) is 31.9. The second kappa shape index (κ2) is 4.99. The summed E-state index contributed by atoms with van der Waals surface area (Å²) >= 11 is 0. The number of aldehydes is 1. The molecular weight excluding hydrogens is 212 g/mol. The Balaban J connectivity index is 2.08. The number of ketones is 1. The van der Waals surface area contributed by atoms with Gasteiger partial charge in [0.15, 0.2) is 5.78 Å². The van der Waals surface area contributed by atoms with Gasteiger partial charge in [-0.1, -0.05) is 17.7 Å². The molecule has 2 aliphatic rings. The van der Waals surface area contributed by atoms with Gasteiger partial charge in [0.05, 0.1) is 0 Å². The molecule has 92 valence electrons. The van der Waals surface area contributed by atoms with E-state index in [1.807, 2.05) is 6.08 Å². The Bertz CT molecular complexity index is 378. The van der Waals surface area contributed by atoms with Crippen molar-refractivity contribution in [2.75, 3.05) is 0 Å². The lowest BCUT2D eigenvalue weighted by atomic mass is 9.72. The van der Waals surface area contributed by atoms with Crippen molar-refractivity contribution >= 4 is 12.1 Å². The van der Waals surface area contributed by atoms with E-state index in [0.717, 1.165) is 32.0 Å². The molecule has 2 rings (SSSR count). The van der Waals surface area contributed by atoms with E-state index in [2.05, 4.69) is 13.5 Å². The van der Waals surface area contributed by atoms with Crippen molar-refractivity contribution in [1.82, 2.24) is 0 Å². The van der Waals surface area contributed by atoms with Gasteiger partial charge < -0.3 is 4.79 Å². The first-order valence-corrected chi connectivity index (χ1v) is 6.46. The van der Waals surface area contributed by atoms with Crippen LogP contribution in [0.3, 0.4) is 0 Å². The van der Waals surface area contributed by atoms with Crippen molar-refractivity contribution in [2.45, 2.75) is 39.0 Å². The molecule has 0 saturated heterocycles. The summed E-state index contributed by atoms with van der Waals surface area (Å²) in [4.78, 5) is 22.4. The highest BCUT2D eigenvalue weighted by atomic mass is 16.1. The number of allylic oxidation sites excluding steroid dienone is 3. The van der Waals surface area contributed by atoms with Gasteiger partial charge in [-0.15, -0.1) is 0 Å². The summed E-state index contributed by atoms with van der Waals surface area (Å²) < 4.78 is 0. The minimum atomic E-state index is 0.0670. The fourth-order valence-corrected chi connectivity index (χ4v) is 3.23. The van der Waals surface area contributed by atoms with Crippen molar-refractivity contribution in [3.05, 3.63) is 23.8 Å². The van der Waals surface area contributed by atoms with Gasteiger partial charge in [0.25, 0.3) is 0 Å². The van der Waals surface area contributed by atoms with E-state index < -0.39 is 0 Å². The Kier molecular flexibility index (Phi) is 3.60. The summed E-state index contributed by atoms with van der Waals surface area (Å²) in [5, 5.41) is 0. The highest BCUT2D eigenvalue weighted by Crippen LogP contribution is 2.45.